The molecule has 1 aliphatic rings. The van der Waals surface area contributed by atoms with Crippen LogP contribution in [-0.2, 0) is 4.74 Å². The first-order chi connectivity index (χ1) is 3.77. The van der Waals surface area contributed by atoms with Gasteiger partial charge in [-0.2, -0.15) is 0 Å². The number of hydrogen-bond acceptors (Lipinski definition) is 2. The molecule has 2 nitrogen and oxygen atoms in total. The van der Waals surface area contributed by atoms with Crippen molar-refractivity contribution >= 4 is 0 Å². The summed E-state index contributed by atoms with van der Waals surface area (Å²) in [4.78, 5) is 0. The molecule has 1 saturated heterocycles. The van der Waals surface area contributed by atoms with Crippen molar-refractivity contribution in [3.63, 3.8) is 0 Å². The monoisotopic (exact) mass is 111 g/mol. The van der Waals surface area contributed by atoms with Gasteiger partial charge in [-0.15, -0.1) is 6.42 Å². The Labute approximate surface area is 49.0 Å². The summed E-state index contributed by atoms with van der Waals surface area (Å²) in [5.74, 6) is 2.49. The zero-order valence-electron chi connectivity index (χ0n) is 4.68. The first-order valence-corrected chi connectivity index (χ1v) is 2.61. The standard InChI is InChI=1S/C6H9NO/c1-2-6(7)3-4-8-5-6/h1H,3-5,7H2. The van der Waals surface area contributed by atoms with E-state index in [1.807, 2.05) is 0 Å². The predicted molar refractivity (Wildman–Crippen MR) is 31.2 cm³/mol. The fourth-order valence-electron chi connectivity index (χ4n) is 0.695. The first kappa shape index (κ1) is 5.61. The third-order valence-electron chi connectivity index (χ3n) is 1.34. The van der Waals surface area contributed by atoms with Crippen molar-refractivity contribution in [2.75, 3.05) is 13.2 Å². The van der Waals surface area contributed by atoms with Crippen LogP contribution in [0.5, 0.6) is 0 Å². The third-order valence-corrected chi connectivity index (χ3v) is 1.34. The van der Waals surface area contributed by atoms with E-state index >= 15 is 0 Å². The molecule has 2 heteroatoms. The van der Waals surface area contributed by atoms with Crippen LogP contribution in [0.3, 0.4) is 0 Å². The van der Waals surface area contributed by atoms with Crippen LogP contribution in [-0.4, -0.2) is 18.8 Å². The Balaban J connectivity index is 2.56. The van der Waals surface area contributed by atoms with E-state index in [4.69, 9.17) is 16.9 Å². The van der Waals surface area contributed by atoms with E-state index in [9.17, 15) is 0 Å². The number of ether oxygens (including phenoxy) is 1. The van der Waals surface area contributed by atoms with Crippen molar-refractivity contribution in [1.82, 2.24) is 0 Å². The lowest BCUT2D eigenvalue weighted by Gasteiger charge is -2.10. The zero-order valence-corrected chi connectivity index (χ0v) is 4.68. The highest BCUT2D eigenvalue weighted by Crippen LogP contribution is 2.12. The molecule has 1 fully saturated rings. The summed E-state index contributed by atoms with van der Waals surface area (Å²) < 4.78 is 4.98. The highest BCUT2D eigenvalue weighted by Gasteiger charge is 2.27. The fraction of sp³-hybridized carbons (Fsp3) is 0.667. The van der Waals surface area contributed by atoms with Gasteiger partial charge in [0.05, 0.1) is 6.61 Å². The van der Waals surface area contributed by atoms with E-state index in [1.54, 1.807) is 0 Å². The van der Waals surface area contributed by atoms with Crippen LogP contribution >= 0.6 is 0 Å². The van der Waals surface area contributed by atoms with Crippen molar-refractivity contribution in [2.24, 2.45) is 5.73 Å². The van der Waals surface area contributed by atoms with Gasteiger partial charge in [-0.3, -0.25) is 0 Å². The molecule has 0 aromatic carbocycles. The molecule has 44 valence electrons. The molecule has 0 amide bonds. The van der Waals surface area contributed by atoms with Gasteiger partial charge in [0.15, 0.2) is 0 Å². The van der Waals surface area contributed by atoms with E-state index in [0.29, 0.717) is 13.2 Å². The normalized spacial score (nSPS) is 37.0. The van der Waals surface area contributed by atoms with Crippen molar-refractivity contribution < 1.29 is 4.74 Å². The smallest absolute Gasteiger partial charge is 0.103 e. The number of rotatable bonds is 0. The molecule has 0 radical (unpaired) electrons. The molecule has 0 spiro atoms. The molecule has 1 heterocycles. The van der Waals surface area contributed by atoms with Gasteiger partial charge in [0.2, 0.25) is 0 Å². The summed E-state index contributed by atoms with van der Waals surface area (Å²) in [6, 6.07) is 0. The van der Waals surface area contributed by atoms with E-state index in [0.717, 1.165) is 6.42 Å². The number of terminal acetylenes is 1. The molecule has 0 aliphatic carbocycles. The number of hydrogen-bond donors (Lipinski definition) is 1. The minimum atomic E-state index is -0.458. The maximum absolute atomic E-state index is 5.60. The topological polar surface area (TPSA) is 35.2 Å². The Morgan fingerprint density at radius 1 is 1.75 bits per heavy atom. The molecule has 0 saturated carbocycles. The van der Waals surface area contributed by atoms with Gasteiger partial charge in [-0.25, -0.2) is 0 Å². The van der Waals surface area contributed by atoms with E-state index in [1.165, 1.54) is 0 Å². The minimum Gasteiger partial charge on any atom is -0.378 e. The molecule has 0 bridgehead atoms. The lowest BCUT2D eigenvalue weighted by atomic mass is 10.0. The molecule has 1 aliphatic heterocycles. The van der Waals surface area contributed by atoms with Crippen molar-refractivity contribution in [3.8, 4) is 12.3 Å². The molecule has 8 heavy (non-hydrogen) atoms. The summed E-state index contributed by atoms with van der Waals surface area (Å²) in [6.07, 6.45) is 5.91. The Morgan fingerprint density at radius 2 is 2.50 bits per heavy atom. The highest BCUT2D eigenvalue weighted by atomic mass is 16.5. The molecule has 1 rings (SSSR count). The second-order valence-electron chi connectivity index (χ2n) is 2.10. The van der Waals surface area contributed by atoms with Gasteiger partial charge >= 0.3 is 0 Å². The van der Waals surface area contributed by atoms with E-state index < -0.39 is 5.54 Å². The lowest BCUT2D eigenvalue weighted by Crippen LogP contribution is -2.38. The predicted octanol–water partition coefficient (Wildman–Crippen LogP) is -0.263. The van der Waals surface area contributed by atoms with Gasteiger partial charge < -0.3 is 10.5 Å². The Kier molecular flexibility index (Phi) is 1.24. The van der Waals surface area contributed by atoms with Crippen molar-refractivity contribution in [2.45, 2.75) is 12.0 Å². The second kappa shape index (κ2) is 1.77. The van der Waals surface area contributed by atoms with Gasteiger partial charge in [0.25, 0.3) is 0 Å². The average Bonchev–Trinajstić information content (AvgIpc) is 2.17. The fourth-order valence-corrected chi connectivity index (χ4v) is 0.695. The van der Waals surface area contributed by atoms with Crippen LogP contribution < -0.4 is 5.73 Å². The van der Waals surface area contributed by atoms with Crippen LogP contribution in [0.2, 0.25) is 0 Å². The minimum absolute atomic E-state index is 0.458. The third kappa shape index (κ3) is 0.835. The average molecular weight is 111 g/mol. The van der Waals surface area contributed by atoms with Crippen LogP contribution in [0, 0.1) is 12.3 Å². The Morgan fingerprint density at radius 3 is 2.75 bits per heavy atom. The molecule has 1 atom stereocenters. The summed E-state index contributed by atoms with van der Waals surface area (Å²) in [5.41, 5.74) is 5.14. The van der Waals surface area contributed by atoms with Crippen LogP contribution in [0.15, 0.2) is 0 Å². The first-order valence-electron chi connectivity index (χ1n) is 2.61. The Bertz CT molecular complexity index is 119. The van der Waals surface area contributed by atoms with Crippen LogP contribution in [0.25, 0.3) is 0 Å². The van der Waals surface area contributed by atoms with E-state index in [-0.39, 0.29) is 0 Å². The number of nitrogens with two attached hydrogens (primary N) is 1. The van der Waals surface area contributed by atoms with Crippen LogP contribution in [0.4, 0.5) is 0 Å². The molecular formula is C6H9NO. The molecule has 0 aromatic heterocycles. The zero-order chi connectivity index (χ0) is 6.04. The van der Waals surface area contributed by atoms with Gasteiger partial charge in [0, 0.05) is 13.0 Å². The van der Waals surface area contributed by atoms with E-state index in [2.05, 4.69) is 5.92 Å². The second-order valence-corrected chi connectivity index (χ2v) is 2.10. The molecular weight excluding hydrogens is 102 g/mol. The summed E-state index contributed by atoms with van der Waals surface area (Å²) >= 11 is 0. The van der Waals surface area contributed by atoms with Gasteiger partial charge in [-0.1, -0.05) is 5.92 Å². The van der Waals surface area contributed by atoms with Crippen molar-refractivity contribution in [1.29, 1.82) is 0 Å². The molecule has 1 unspecified atom stereocenters. The van der Waals surface area contributed by atoms with Crippen LogP contribution in [0.1, 0.15) is 6.42 Å². The largest absolute Gasteiger partial charge is 0.378 e. The molecule has 0 aromatic rings. The lowest BCUT2D eigenvalue weighted by molar-refractivity contribution is 0.187. The SMILES string of the molecule is C#CC1(N)CCOC1. The van der Waals surface area contributed by atoms with Gasteiger partial charge in [-0.05, 0) is 0 Å². The Hall–Kier alpha value is -0.520. The van der Waals surface area contributed by atoms with Gasteiger partial charge in [0.1, 0.15) is 5.54 Å². The van der Waals surface area contributed by atoms with Crippen molar-refractivity contribution in [3.05, 3.63) is 0 Å². The maximum Gasteiger partial charge on any atom is 0.103 e. The quantitative estimate of drug-likeness (QED) is 0.437. The highest BCUT2D eigenvalue weighted by molar-refractivity contribution is 5.12. The molecule has 2 N–H and O–H groups in total. The summed E-state index contributed by atoms with van der Waals surface area (Å²) in [6.45, 7) is 1.23. The summed E-state index contributed by atoms with van der Waals surface area (Å²) in [7, 11) is 0. The summed E-state index contributed by atoms with van der Waals surface area (Å²) in [5, 5.41) is 0. The maximum atomic E-state index is 5.60.